The zero-order valence-corrected chi connectivity index (χ0v) is 21.2. The van der Waals surface area contributed by atoms with Crippen molar-refractivity contribution in [3.05, 3.63) is 99.1 Å². The van der Waals surface area contributed by atoms with Crippen LogP contribution in [0.3, 0.4) is 0 Å². The van der Waals surface area contributed by atoms with Crippen molar-refractivity contribution in [1.29, 1.82) is 0 Å². The van der Waals surface area contributed by atoms with Gasteiger partial charge in [0.05, 0.1) is 13.2 Å². The van der Waals surface area contributed by atoms with Crippen LogP contribution >= 0.6 is 11.6 Å². The van der Waals surface area contributed by atoms with Crippen molar-refractivity contribution in [3.63, 3.8) is 0 Å². The first-order valence-electron chi connectivity index (χ1n) is 12.4. The van der Waals surface area contributed by atoms with Crippen molar-refractivity contribution in [2.75, 3.05) is 13.2 Å². The molecule has 3 aromatic carbocycles. The van der Waals surface area contributed by atoms with Crippen LogP contribution in [0.2, 0.25) is 5.02 Å². The highest BCUT2D eigenvalue weighted by atomic mass is 35.5. The van der Waals surface area contributed by atoms with Gasteiger partial charge < -0.3 is 34.6 Å². The van der Waals surface area contributed by atoms with Crippen molar-refractivity contribution in [3.8, 4) is 5.75 Å². The zero-order valence-electron chi connectivity index (χ0n) is 20.5. The van der Waals surface area contributed by atoms with Crippen molar-refractivity contribution in [1.82, 2.24) is 0 Å². The molecule has 0 aliphatic carbocycles. The first kappa shape index (κ1) is 26.1. The van der Waals surface area contributed by atoms with Crippen LogP contribution in [-0.2, 0) is 22.5 Å². The predicted octanol–water partition coefficient (Wildman–Crippen LogP) is 3.40. The molecule has 0 aromatic heterocycles. The topological polar surface area (TPSA) is 109 Å². The van der Waals surface area contributed by atoms with Gasteiger partial charge in [0.1, 0.15) is 49.0 Å². The van der Waals surface area contributed by atoms with Crippen molar-refractivity contribution in [2.45, 2.75) is 56.6 Å². The highest BCUT2D eigenvalue weighted by Crippen LogP contribution is 2.35. The van der Waals surface area contributed by atoms with E-state index in [0.717, 1.165) is 16.9 Å². The molecule has 7 nitrogen and oxygen atoms in total. The molecule has 196 valence electrons. The summed E-state index contributed by atoms with van der Waals surface area (Å²) >= 11 is 6.46. The largest absolute Gasteiger partial charge is 0.491 e. The Hall–Kier alpha value is -2.49. The molecular formula is C29H31ClO7. The second kappa shape index (κ2) is 11.1. The molecule has 6 atom stereocenters. The second-order valence-corrected chi connectivity index (χ2v) is 10.1. The number of rotatable bonds is 7. The van der Waals surface area contributed by atoms with Gasteiger partial charge in [-0.2, -0.15) is 0 Å². The molecule has 5 rings (SSSR count). The van der Waals surface area contributed by atoms with E-state index in [1.54, 1.807) is 12.1 Å². The molecule has 0 spiro atoms. The fourth-order valence-electron chi connectivity index (χ4n) is 4.97. The Bertz CT molecular complexity index is 1230. The fraction of sp³-hybridized carbons (Fsp3) is 0.379. The summed E-state index contributed by atoms with van der Waals surface area (Å²) in [5, 5.41) is 40.7. The van der Waals surface area contributed by atoms with E-state index in [4.69, 9.17) is 25.8 Å². The molecule has 37 heavy (non-hydrogen) atoms. The van der Waals surface area contributed by atoms with E-state index in [0.29, 0.717) is 30.2 Å². The Morgan fingerprint density at radius 2 is 1.73 bits per heavy atom. The average Bonchev–Trinajstić information content (AvgIpc) is 3.30. The van der Waals surface area contributed by atoms with Gasteiger partial charge in [0.25, 0.3) is 0 Å². The van der Waals surface area contributed by atoms with E-state index >= 15 is 0 Å². The molecular weight excluding hydrogens is 496 g/mol. The first-order valence-corrected chi connectivity index (χ1v) is 12.7. The number of aliphatic hydroxyl groups excluding tert-OH is 4. The highest BCUT2D eigenvalue weighted by molar-refractivity contribution is 6.31. The summed E-state index contributed by atoms with van der Waals surface area (Å²) in [5.41, 5.74) is 6.04. The predicted molar refractivity (Wildman–Crippen MR) is 138 cm³/mol. The van der Waals surface area contributed by atoms with E-state index in [-0.39, 0.29) is 6.10 Å². The number of aryl methyl sites for hydroxylation is 1. The Morgan fingerprint density at radius 3 is 2.49 bits per heavy atom. The summed E-state index contributed by atoms with van der Waals surface area (Å²) < 4.78 is 17.6. The standard InChI is InChI=1S/C29H31ClO7/c1-16-2-8-22-20(10-16)14-36-25(22)15-35-21-6-3-17(4-7-21)11-19-12-18(5-9-23(19)30)29-28(34)27(33)26(32)24(13-31)37-29/h2-10,12,24-29,31-34H,11,13-15H2,1H3/t24-,25+,26-,27+,28-,29+/m1/s1. The summed E-state index contributed by atoms with van der Waals surface area (Å²) in [5.74, 6) is 0.745. The molecule has 2 aliphatic rings. The van der Waals surface area contributed by atoms with Gasteiger partial charge in [0.2, 0.25) is 0 Å². The van der Waals surface area contributed by atoms with Gasteiger partial charge in [-0.1, -0.05) is 59.6 Å². The molecule has 4 N–H and O–H groups in total. The van der Waals surface area contributed by atoms with Gasteiger partial charge in [0.15, 0.2) is 0 Å². The minimum atomic E-state index is -1.44. The average molecular weight is 527 g/mol. The van der Waals surface area contributed by atoms with Gasteiger partial charge in [-0.05, 0) is 59.4 Å². The maximum absolute atomic E-state index is 10.5. The minimum Gasteiger partial charge on any atom is -0.491 e. The van der Waals surface area contributed by atoms with Gasteiger partial charge in [-0.3, -0.25) is 0 Å². The number of fused-ring (bicyclic) bond motifs is 1. The third-order valence-electron chi connectivity index (χ3n) is 7.10. The molecule has 0 saturated carbocycles. The summed E-state index contributed by atoms with van der Waals surface area (Å²) in [7, 11) is 0. The van der Waals surface area contributed by atoms with E-state index in [2.05, 4.69) is 25.1 Å². The van der Waals surface area contributed by atoms with E-state index < -0.39 is 37.1 Å². The summed E-state index contributed by atoms with van der Waals surface area (Å²) in [6, 6.07) is 19.4. The van der Waals surface area contributed by atoms with Crippen LogP contribution in [0, 0.1) is 6.92 Å². The van der Waals surface area contributed by atoms with Gasteiger partial charge in [-0.25, -0.2) is 0 Å². The van der Waals surface area contributed by atoms with Gasteiger partial charge in [-0.15, -0.1) is 0 Å². The second-order valence-electron chi connectivity index (χ2n) is 9.73. The highest BCUT2D eigenvalue weighted by Gasteiger charge is 2.44. The molecule has 0 unspecified atom stereocenters. The van der Waals surface area contributed by atoms with Crippen LogP contribution in [0.25, 0.3) is 0 Å². The lowest BCUT2D eigenvalue weighted by molar-refractivity contribution is -0.231. The van der Waals surface area contributed by atoms with E-state index in [1.165, 1.54) is 16.7 Å². The number of hydrogen-bond acceptors (Lipinski definition) is 7. The summed E-state index contributed by atoms with van der Waals surface area (Å²) in [4.78, 5) is 0. The summed E-state index contributed by atoms with van der Waals surface area (Å²) in [6.45, 7) is 2.63. The Balaban J connectivity index is 1.24. The number of hydrogen-bond donors (Lipinski definition) is 4. The monoisotopic (exact) mass is 526 g/mol. The molecule has 0 bridgehead atoms. The molecule has 2 heterocycles. The SMILES string of the molecule is Cc1ccc2c(c1)CO[C@H]2COc1ccc(Cc2cc([C@@H]3O[C@H](CO)[C@@H](O)[C@H](O)[C@H]3O)ccc2Cl)cc1. The lowest BCUT2D eigenvalue weighted by Gasteiger charge is -2.40. The van der Waals surface area contributed by atoms with Crippen LogP contribution < -0.4 is 4.74 Å². The molecule has 2 aliphatic heterocycles. The van der Waals surface area contributed by atoms with Crippen molar-refractivity contribution >= 4 is 11.6 Å². The summed E-state index contributed by atoms with van der Waals surface area (Å²) in [6.07, 6.45) is -5.61. The minimum absolute atomic E-state index is 0.0840. The maximum atomic E-state index is 10.5. The zero-order chi connectivity index (χ0) is 26.1. The van der Waals surface area contributed by atoms with Crippen LogP contribution in [-0.4, -0.2) is 58.1 Å². The van der Waals surface area contributed by atoms with E-state index in [9.17, 15) is 20.4 Å². The van der Waals surface area contributed by atoms with E-state index in [1.807, 2.05) is 30.3 Å². The first-order chi connectivity index (χ1) is 17.8. The number of benzene rings is 3. The van der Waals surface area contributed by atoms with Crippen LogP contribution in [0.1, 0.15) is 45.6 Å². The van der Waals surface area contributed by atoms with Crippen LogP contribution in [0.4, 0.5) is 0 Å². The normalized spacial score (nSPS) is 27.2. The number of ether oxygens (including phenoxy) is 3. The Kier molecular flexibility index (Phi) is 7.83. The smallest absolute Gasteiger partial charge is 0.119 e. The third kappa shape index (κ3) is 5.54. The van der Waals surface area contributed by atoms with Crippen molar-refractivity contribution in [2.24, 2.45) is 0 Å². The molecule has 3 aromatic rings. The molecule has 1 saturated heterocycles. The van der Waals surface area contributed by atoms with Crippen LogP contribution in [0.5, 0.6) is 5.75 Å². The molecule has 1 fully saturated rings. The van der Waals surface area contributed by atoms with Gasteiger partial charge in [0, 0.05) is 5.02 Å². The lowest BCUT2D eigenvalue weighted by Crippen LogP contribution is -2.55. The van der Waals surface area contributed by atoms with Gasteiger partial charge >= 0.3 is 0 Å². The maximum Gasteiger partial charge on any atom is 0.119 e. The fourth-order valence-corrected chi connectivity index (χ4v) is 5.16. The molecule has 8 heteroatoms. The van der Waals surface area contributed by atoms with Crippen LogP contribution in [0.15, 0.2) is 60.7 Å². The number of halogens is 1. The molecule has 0 amide bonds. The Labute approximate surface area is 220 Å². The Morgan fingerprint density at radius 1 is 0.946 bits per heavy atom. The van der Waals surface area contributed by atoms with Crippen molar-refractivity contribution < 1.29 is 34.6 Å². The lowest BCUT2D eigenvalue weighted by atomic mass is 9.90. The number of aliphatic hydroxyl groups is 4. The quantitative estimate of drug-likeness (QED) is 0.373. The third-order valence-corrected chi connectivity index (χ3v) is 7.46. The molecule has 0 radical (unpaired) electrons.